The molecular weight excluding hydrogens is 518 g/mol. The summed E-state index contributed by atoms with van der Waals surface area (Å²) >= 11 is 0. The molecule has 2 aromatic rings. The summed E-state index contributed by atoms with van der Waals surface area (Å²) < 4.78 is 0. The van der Waals surface area contributed by atoms with Gasteiger partial charge in [0.25, 0.3) is 0 Å². The van der Waals surface area contributed by atoms with Gasteiger partial charge in [0.15, 0.2) is 0 Å². The van der Waals surface area contributed by atoms with Crippen molar-refractivity contribution < 1.29 is 0 Å². The zero-order chi connectivity index (χ0) is 31.6. The number of hydrogen-bond acceptors (Lipinski definition) is 1. The van der Waals surface area contributed by atoms with Gasteiger partial charge in [0.1, 0.15) is 0 Å². The van der Waals surface area contributed by atoms with Gasteiger partial charge in [-0.15, -0.1) is 0 Å². The fourth-order valence-electron chi connectivity index (χ4n) is 6.90. The van der Waals surface area contributed by atoms with Crippen LogP contribution in [0.2, 0.25) is 0 Å². The minimum absolute atomic E-state index is 0.0785. The Morgan fingerprint density at radius 2 is 1.33 bits per heavy atom. The van der Waals surface area contributed by atoms with Crippen LogP contribution in [0.1, 0.15) is 116 Å². The quantitative estimate of drug-likeness (QED) is 0.256. The third-order valence-electron chi connectivity index (χ3n) is 9.88. The van der Waals surface area contributed by atoms with Crippen LogP contribution in [0.4, 0.5) is 0 Å². The molecule has 1 nitrogen and oxygen atoms in total. The Bertz CT molecular complexity index is 1640. The number of fused-ring (bicyclic) bond motifs is 2. The summed E-state index contributed by atoms with van der Waals surface area (Å²) in [5.41, 5.74) is 17.9. The maximum Gasteiger partial charge on any atom is 0.0742 e. The maximum atomic E-state index is 5.60. The Kier molecular flexibility index (Phi) is 7.82. The van der Waals surface area contributed by atoms with Crippen LogP contribution in [-0.4, -0.2) is 5.71 Å². The number of benzene rings is 2. The average Bonchev–Trinajstić information content (AvgIpc) is 3.43. The van der Waals surface area contributed by atoms with E-state index in [9.17, 15) is 0 Å². The van der Waals surface area contributed by atoms with Crippen molar-refractivity contribution in [1.82, 2.24) is 0 Å². The molecule has 0 fully saturated rings. The van der Waals surface area contributed by atoms with Crippen LogP contribution in [0.3, 0.4) is 0 Å². The molecule has 0 aliphatic heterocycles. The molecule has 5 rings (SSSR count). The molecule has 0 heterocycles. The molecule has 0 saturated carbocycles. The van der Waals surface area contributed by atoms with Crippen molar-refractivity contribution in [3.05, 3.63) is 117 Å². The molecular formula is C42H53N. The Labute approximate surface area is 262 Å². The van der Waals surface area contributed by atoms with Crippen LogP contribution in [0.15, 0.2) is 88.5 Å². The van der Waals surface area contributed by atoms with Gasteiger partial charge in [-0.2, -0.15) is 0 Å². The predicted molar refractivity (Wildman–Crippen MR) is 189 cm³/mol. The van der Waals surface area contributed by atoms with Gasteiger partial charge >= 0.3 is 0 Å². The van der Waals surface area contributed by atoms with Gasteiger partial charge in [0, 0.05) is 29.5 Å². The topological polar surface area (TPSA) is 12.4 Å². The molecule has 0 bridgehead atoms. The van der Waals surface area contributed by atoms with Gasteiger partial charge in [0.2, 0.25) is 0 Å². The molecule has 226 valence electrons. The van der Waals surface area contributed by atoms with E-state index in [0.717, 1.165) is 12.8 Å². The highest BCUT2D eigenvalue weighted by molar-refractivity contribution is 5.96. The molecule has 0 saturated heterocycles. The Morgan fingerprint density at radius 1 is 0.721 bits per heavy atom. The van der Waals surface area contributed by atoms with Gasteiger partial charge in [-0.25, -0.2) is 0 Å². The molecule has 2 aromatic carbocycles. The summed E-state index contributed by atoms with van der Waals surface area (Å²) in [6, 6.07) is 14.2. The lowest BCUT2D eigenvalue weighted by Gasteiger charge is -2.31. The Balaban J connectivity index is 1.64. The van der Waals surface area contributed by atoms with Gasteiger partial charge in [-0.3, -0.25) is 4.99 Å². The number of allylic oxidation sites excluding steroid dienone is 8. The number of aliphatic imine (C=N–C) groups is 1. The predicted octanol–water partition coefficient (Wildman–Crippen LogP) is 11.4. The second-order valence-corrected chi connectivity index (χ2v) is 16.4. The van der Waals surface area contributed by atoms with Gasteiger partial charge in [-0.05, 0) is 99.6 Å². The Morgan fingerprint density at radius 3 is 1.93 bits per heavy atom. The van der Waals surface area contributed by atoms with Crippen molar-refractivity contribution >= 4 is 17.0 Å². The van der Waals surface area contributed by atoms with Crippen molar-refractivity contribution in [2.45, 2.75) is 107 Å². The van der Waals surface area contributed by atoms with Crippen LogP contribution in [-0.2, 0) is 23.7 Å². The van der Waals surface area contributed by atoms with Crippen LogP contribution >= 0.6 is 0 Å². The van der Waals surface area contributed by atoms with E-state index < -0.39 is 0 Å². The Hall–Kier alpha value is -3.19. The highest BCUT2D eigenvalue weighted by atomic mass is 14.8. The molecule has 3 aliphatic carbocycles. The van der Waals surface area contributed by atoms with E-state index in [1.165, 1.54) is 72.7 Å². The van der Waals surface area contributed by atoms with E-state index in [1.807, 2.05) is 0 Å². The lowest BCUT2D eigenvalue weighted by Crippen LogP contribution is -2.24. The van der Waals surface area contributed by atoms with Gasteiger partial charge < -0.3 is 0 Å². The van der Waals surface area contributed by atoms with E-state index in [1.54, 1.807) is 0 Å². The number of nitrogens with zero attached hydrogens (tertiary/aromatic N) is 1. The monoisotopic (exact) mass is 571 g/mol. The summed E-state index contributed by atoms with van der Waals surface area (Å²) in [6.45, 7) is 31.8. The van der Waals surface area contributed by atoms with Crippen molar-refractivity contribution in [2.75, 3.05) is 0 Å². The minimum atomic E-state index is 0.0785. The average molecular weight is 572 g/mol. The normalized spacial score (nSPS) is 20.9. The van der Waals surface area contributed by atoms with E-state index in [4.69, 9.17) is 4.99 Å². The van der Waals surface area contributed by atoms with E-state index in [2.05, 4.69) is 144 Å². The van der Waals surface area contributed by atoms with E-state index in [-0.39, 0.29) is 28.1 Å². The third kappa shape index (κ3) is 5.98. The lowest BCUT2D eigenvalue weighted by atomic mass is 9.74. The van der Waals surface area contributed by atoms with E-state index in [0.29, 0.717) is 0 Å². The molecule has 0 amide bonds. The summed E-state index contributed by atoms with van der Waals surface area (Å²) in [4.78, 5) is 5.60. The molecule has 0 N–H and O–H groups in total. The molecule has 3 aliphatic rings. The molecule has 43 heavy (non-hydrogen) atoms. The molecule has 0 radical (unpaired) electrons. The van der Waals surface area contributed by atoms with Gasteiger partial charge in [0.05, 0.1) is 5.70 Å². The highest BCUT2D eigenvalue weighted by Crippen LogP contribution is 2.46. The molecule has 1 heteroatoms. The first-order valence-electron chi connectivity index (χ1n) is 16.2. The largest absolute Gasteiger partial charge is 0.257 e. The van der Waals surface area contributed by atoms with Crippen LogP contribution in [0.5, 0.6) is 0 Å². The van der Waals surface area contributed by atoms with Crippen molar-refractivity contribution in [2.24, 2.45) is 22.2 Å². The first-order chi connectivity index (χ1) is 19.9. The van der Waals surface area contributed by atoms with Crippen molar-refractivity contribution in [3.8, 4) is 0 Å². The van der Waals surface area contributed by atoms with Crippen LogP contribution in [0, 0.1) is 17.3 Å². The standard InChI is InChI=1S/C42H53N/c1-25(2)35-23-32(42(11,12)13)17-19-34(35)27(4)43-39-37-24-31(41(8,9)10)15-14-28(37)21-38(39)36-22-29-20-30(40(5,6)7)16-18-33(29)26(36)3/h14-20,23-24,34-35H,1,21-22H2,2-13H3. The zero-order valence-corrected chi connectivity index (χ0v) is 28.9. The third-order valence-corrected chi connectivity index (χ3v) is 9.88. The first-order valence-corrected chi connectivity index (χ1v) is 16.2. The summed E-state index contributed by atoms with van der Waals surface area (Å²) in [6.07, 6.45) is 9.07. The van der Waals surface area contributed by atoms with Crippen LogP contribution in [0.25, 0.3) is 11.3 Å². The lowest BCUT2D eigenvalue weighted by molar-refractivity contribution is 0.500. The second-order valence-electron chi connectivity index (χ2n) is 16.4. The fourth-order valence-corrected chi connectivity index (χ4v) is 6.90. The number of rotatable bonds is 4. The fraction of sp³-hybridized carbons (Fsp3) is 0.452. The summed E-state index contributed by atoms with van der Waals surface area (Å²) in [7, 11) is 0. The van der Waals surface area contributed by atoms with Crippen molar-refractivity contribution in [3.63, 3.8) is 0 Å². The van der Waals surface area contributed by atoms with Crippen LogP contribution < -0.4 is 0 Å². The van der Waals surface area contributed by atoms with Crippen molar-refractivity contribution in [1.29, 1.82) is 0 Å². The summed E-state index contributed by atoms with van der Waals surface area (Å²) in [5.74, 6) is 0.457. The molecule has 2 atom stereocenters. The highest BCUT2D eigenvalue weighted by Gasteiger charge is 2.33. The number of hydrogen-bond donors (Lipinski definition) is 0. The maximum absolute atomic E-state index is 5.60. The molecule has 2 unspecified atom stereocenters. The minimum Gasteiger partial charge on any atom is -0.257 e. The SMILES string of the molecule is C=C(C)C1C=C(C(C)(C)C)C=CC1C(C)=NC1=C(C2=C(C)c3ccc(C(C)(C)C)cc3C2)Cc2ccc(C(C)(C)C)cc21. The molecule has 0 aromatic heterocycles. The second kappa shape index (κ2) is 10.8. The van der Waals surface area contributed by atoms with Gasteiger partial charge in [-0.1, -0.05) is 123 Å². The van der Waals surface area contributed by atoms with E-state index >= 15 is 0 Å². The first kappa shape index (κ1) is 31.2. The zero-order valence-electron chi connectivity index (χ0n) is 28.9. The summed E-state index contributed by atoms with van der Waals surface area (Å²) in [5, 5.41) is 0. The molecule has 0 spiro atoms. The smallest absolute Gasteiger partial charge is 0.0742 e.